The molecule has 0 spiro atoms. The lowest BCUT2D eigenvalue weighted by molar-refractivity contribution is 0.186. The van der Waals surface area contributed by atoms with Gasteiger partial charge >= 0.3 is 6.09 Å². The average Bonchev–Trinajstić information content (AvgIpc) is 2.91. The van der Waals surface area contributed by atoms with Crippen LogP contribution in [0.3, 0.4) is 0 Å². The molecule has 0 bridgehead atoms. The first kappa shape index (κ1) is 14.6. The summed E-state index contributed by atoms with van der Waals surface area (Å²) >= 11 is 0. The van der Waals surface area contributed by atoms with Crippen LogP contribution in [0.2, 0.25) is 0 Å². The van der Waals surface area contributed by atoms with Gasteiger partial charge in [0.2, 0.25) is 5.95 Å². The molecule has 7 nitrogen and oxygen atoms in total. The summed E-state index contributed by atoms with van der Waals surface area (Å²) in [6, 6.07) is 8.40. The normalized spacial score (nSPS) is 16.7. The van der Waals surface area contributed by atoms with E-state index < -0.39 is 6.09 Å². The minimum Gasteiger partial charge on any atom is -0.465 e. The molecule has 118 valence electrons. The van der Waals surface area contributed by atoms with E-state index in [2.05, 4.69) is 25.5 Å². The molecule has 2 heterocycles. The molecule has 1 aromatic carbocycles. The molecule has 22 heavy (non-hydrogen) atoms. The van der Waals surface area contributed by atoms with Crippen LogP contribution in [0.4, 0.5) is 10.7 Å². The molecule has 7 heteroatoms. The van der Waals surface area contributed by atoms with Crippen LogP contribution < -0.4 is 10.6 Å². The maximum Gasteiger partial charge on any atom is 0.404 e. The van der Waals surface area contributed by atoms with Gasteiger partial charge in [-0.05, 0) is 25.0 Å². The van der Waals surface area contributed by atoms with Gasteiger partial charge in [-0.25, -0.2) is 9.78 Å². The van der Waals surface area contributed by atoms with Crippen molar-refractivity contribution >= 4 is 23.1 Å². The molecule has 1 saturated heterocycles. The van der Waals surface area contributed by atoms with Gasteiger partial charge in [0.05, 0.1) is 11.0 Å². The molecular formula is C15H21N5O2. The lowest BCUT2D eigenvalue weighted by atomic mass is 10.1. The van der Waals surface area contributed by atoms with Crippen molar-refractivity contribution in [1.29, 1.82) is 0 Å². The molecule has 1 fully saturated rings. The van der Waals surface area contributed by atoms with Gasteiger partial charge in [-0.2, -0.15) is 0 Å². The number of hydrogen-bond acceptors (Lipinski definition) is 4. The van der Waals surface area contributed by atoms with E-state index >= 15 is 0 Å². The third-order valence-electron chi connectivity index (χ3n) is 4.02. The highest BCUT2D eigenvalue weighted by Gasteiger charge is 2.19. The Morgan fingerprint density at radius 1 is 1.36 bits per heavy atom. The highest BCUT2D eigenvalue weighted by molar-refractivity contribution is 5.77. The Labute approximate surface area is 128 Å². The number of anilines is 1. The second-order valence-corrected chi connectivity index (χ2v) is 5.59. The Kier molecular flexibility index (Phi) is 4.43. The lowest BCUT2D eigenvalue weighted by Crippen LogP contribution is -2.42. The van der Waals surface area contributed by atoms with E-state index in [1.807, 2.05) is 24.3 Å². The number of nitrogens with one attached hydrogen (secondary N) is 3. The van der Waals surface area contributed by atoms with E-state index in [0.717, 1.165) is 49.5 Å². The summed E-state index contributed by atoms with van der Waals surface area (Å²) in [7, 11) is 0. The van der Waals surface area contributed by atoms with Crippen molar-refractivity contribution in [3.05, 3.63) is 24.3 Å². The van der Waals surface area contributed by atoms with Crippen LogP contribution in [0.15, 0.2) is 24.3 Å². The Bertz CT molecular complexity index is 601. The first-order valence-corrected chi connectivity index (χ1v) is 7.61. The molecule has 0 saturated carbocycles. The molecule has 1 aromatic heterocycles. The molecule has 3 rings (SSSR count). The number of fused-ring (bicyclic) bond motifs is 1. The number of rotatable bonds is 5. The zero-order valence-electron chi connectivity index (χ0n) is 12.4. The minimum absolute atomic E-state index is 0.407. The third-order valence-corrected chi connectivity index (χ3v) is 4.02. The van der Waals surface area contributed by atoms with Crippen molar-refractivity contribution in [3.63, 3.8) is 0 Å². The monoisotopic (exact) mass is 303 g/mol. The molecule has 0 aliphatic carbocycles. The van der Waals surface area contributed by atoms with Crippen LogP contribution in [0.5, 0.6) is 0 Å². The standard InChI is InChI=1S/C15H21N5O2/c21-15(22)16-7-10-20-8-5-11(6-9-20)17-14-18-12-3-1-2-4-13(12)19-14/h1-4,11,16H,5-10H2,(H,21,22)(H2,17,18,19). The number of hydrogen-bond donors (Lipinski definition) is 4. The summed E-state index contributed by atoms with van der Waals surface area (Å²) in [4.78, 5) is 20.5. The van der Waals surface area contributed by atoms with Crippen LogP contribution >= 0.6 is 0 Å². The van der Waals surface area contributed by atoms with E-state index in [0.29, 0.717) is 12.6 Å². The molecule has 0 radical (unpaired) electrons. The van der Waals surface area contributed by atoms with E-state index in [-0.39, 0.29) is 0 Å². The summed E-state index contributed by atoms with van der Waals surface area (Å²) in [5.74, 6) is 0.826. The zero-order chi connectivity index (χ0) is 15.4. The van der Waals surface area contributed by atoms with Crippen LogP contribution in [-0.4, -0.2) is 58.3 Å². The van der Waals surface area contributed by atoms with E-state index in [1.54, 1.807) is 0 Å². The number of nitrogens with zero attached hydrogens (tertiary/aromatic N) is 2. The molecule has 1 aliphatic heterocycles. The number of likely N-dealkylation sites (tertiary alicyclic amines) is 1. The number of aromatic nitrogens is 2. The highest BCUT2D eigenvalue weighted by Crippen LogP contribution is 2.17. The maximum atomic E-state index is 10.4. The number of para-hydroxylation sites is 2. The first-order valence-electron chi connectivity index (χ1n) is 7.61. The molecule has 4 N–H and O–H groups in total. The largest absolute Gasteiger partial charge is 0.465 e. The van der Waals surface area contributed by atoms with Gasteiger partial charge in [-0.1, -0.05) is 12.1 Å². The highest BCUT2D eigenvalue weighted by atomic mass is 16.4. The van der Waals surface area contributed by atoms with Crippen molar-refractivity contribution in [3.8, 4) is 0 Å². The van der Waals surface area contributed by atoms with Crippen molar-refractivity contribution < 1.29 is 9.90 Å². The summed E-state index contributed by atoms with van der Waals surface area (Å²) in [5, 5.41) is 14.4. The van der Waals surface area contributed by atoms with Gasteiger partial charge < -0.3 is 25.6 Å². The van der Waals surface area contributed by atoms with Crippen LogP contribution in [0, 0.1) is 0 Å². The first-order chi connectivity index (χ1) is 10.7. The number of carboxylic acid groups (broad SMARTS) is 1. The maximum absolute atomic E-state index is 10.4. The number of amides is 1. The van der Waals surface area contributed by atoms with E-state index in [9.17, 15) is 4.79 Å². The van der Waals surface area contributed by atoms with E-state index in [4.69, 9.17) is 5.11 Å². The number of imidazole rings is 1. The predicted octanol–water partition coefficient (Wildman–Crippen LogP) is 1.71. The molecule has 0 unspecified atom stereocenters. The number of piperidine rings is 1. The van der Waals surface area contributed by atoms with Gasteiger partial charge in [0.25, 0.3) is 0 Å². The fourth-order valence-electron chi connectivity index (χ4n) is 2.84. The lowest BCUT2D eigenvalue weighted by Gasteiger charge is -2.32. The summed E-state index contributed by atoms with van der Waals surface area (Å²) in [5.41, 5.74) is 2.02. The Balaban J connectivity index is 1.46. The molecular weight excluding hydrogens is 282 g/mol. The topological polar surface area (TPSA) is 93.3 Å². The minimum atomic E-state index is -0.957. The van der Waals surface area contributed by atoms with Crippen molar-refractivity contribution in [2.24, 2.45) is 0 Å². The molecule has 1 amide bonds. The van der Waals surface area contributed by atoms with Gasteiger partial charge in [0, 0.05) is 32.2 Å². The van der Waals surface area contributed by atoms with Crippen molar-refractivity contribution in [2.75, 3.05) is 31.5 Å². The Hall–Kier alpha value is -2.28. The number of benzene rings is 1. The van der Waals surface area contributed by atoms with Gasteiger partial charge in [-0.3, -0.25) is 0 Å². The summed E-state index contributed by atoms with van der Waals surface area (Å²) in [6.07, 6.45) is 1.11. The fourth-order valence-corrected chi connectivity index (χ4v) is 2.84. The third kappa shape index (κ3) is 3.67. The van der Waals surface area contributed by atoms with Crippen LogP contribution in [0.1, 0.15) is 12.8 Å². The van der Waals surface area contributed by atoms with Crippen LogP contribution in [-0.2, 0) is 0 Å². The number of H-pyrrole nitrogens is 1. The average molecular weight is 303 g/mol. The fraction of sp³-hybridized carbons (Fsp3) is 0.467. The second-order valence-electron chi connectivity index (χ2n) is 5.59. The predicted molar refractivity (Wildman–Crippen MR) is 85.2 cm³/mol. The second kappa shape index (κ2) is 6.65. The van der Waals surface area contributed by atoms with Crippen molar-refractivity contribution in [2.45, 2.75) is 18.9 Å². The SMILES string of the molecule is O=C(O)NCCN1CCC(Nc2nc3ccccc3[nH]2)CC1. The number of carbonyl (C=O) groups is 1. The summed E-state index contributed by atoms with van der Waals surface area (Å²) in [6.45, 7) is 3.19. The van der Waals surface area contributed by atoms with Crippen molar-refractivity contribution in [1.82, 2.24) is 20.2 Å². The van der Waals surface area contributed by atoms with E-state index in [1.165, 1.54) is 0 Å². The van der Waals surface area contributed by atoms with Gasteiger partial charge in [-0.15, -0.1) is 0 Å². The smallest absolute Gasteiger partial charge is 0.404 e. The molecule has 0 atom stereocenters. The Morgan fingerprint density at radius 2 is 2.14 bits per heavy atom. The zero-order valence-corrected chi connectivity index (χ0v) is 12.4. The Morgan fingerprint density at radius 3 is 2.86 bits per heavy atom. The number of aromatic amines is 1. The van der Waals surface area contributed by atoms with Gasteiger partial charge in [0.15, 0.2) is 0 Å². The van der Waals surface area contributed by atoms with Gasteiger partial charge in [0.1, 0.15) is 0 Å². The molecule has 2 aromatic rings. The summed E-state index contributed by atoms with van der Waals surface area (Å²) < 4.78 is 0. The molecule has 1 aliphatic rings. The quantitative estimate of drug-likeness (QED) is 0.675. The van der Waals surface area contributed by atoms with Crippen LogP contribution in [0.25, 0.3) is 11.0 Å².